The maximum atomic E-state index is 11.7. The summed E-state index contributed by atoms with van der Waals surface area (Å²) in [6.45, 7) is 4.86. The quantitative estimate of drug-likeness (QED) is 0.848. The van der Waals surface area contributed by atoms with E-state index < -0.39 is 0 Å². The first-order valence-corrected chi connectivity index (χ1v) is 7.49. The lowest BCUT2D eigenvalue weighted by molar-refractivity contribution is -0.0431. The molecule has 2 heterocycles. The van der Waals surface area contributed by atoms with Gasteiger partial charge in [0.1, 0.15) is 0 Å². The second-order valence-corrected chi connectivity index (χ2v) is 5.63. The lowest BCUT2D eigenvalue weighted by Gasteiger charge is -2.38. The van der Waals surface area contributed by atoms with Crippen LogP contribution in [0.3, 0.4) is 0 Å². The first-order valence-electron chi connectivity index (χ1n) is 7.49. The first kappa shape index (κ1) is 14.6. The van der Waals surface area contributed by atoms with E-state index in [1.165, 1.54) is 0 Å². The summed E-state index contributed by atoms with van der Waals surface area (Å²) in [5.74, 6) is 0.543. The molecule has 0 bridgehead atoms. The molecule has 2 atom stereocenters. The molecule has 0 saturated carbocycles. The number of hydrogen-bond donors (Lipinski definition) is 1. The lowest BCUT2D eigenvalue weighted by Crippen LogP contribution is -2.45. The van der Waals surface area contributed by atoms with Crippen LogP contribution in [0.4, 0.5) is 4.79 Å². The summed E-state index contributed by atoms with van der Waals surface area (Å²) in [5, 5.41) is 0. The number of nitrogens with two attached hydrogens (primary N) is 1. The fourth-order valence-electron chi connectivity index (χ4n) is 2.92. The number of piperidine rings is 1. The molecule has 2 rings (SSSR count). The van der Waals surface area contributed by atoms with Crippen LogP contribution in [0.5, 0.6) is 0 Å². The number of carbonyl (C=O) groups is 1. The molecule has 2 aliphatic heterocycles. The Morgan fingerprint density at radius 1 is 1.37 bits per heavy atom. The van der Waals surface area contributed by atoms with Crippen LogP contribution in [-0.4, -0.2) is 49.4 Å². The van der Waals surface area contributed by atoms with Gasteiger partial charge in [0.05, 0.1) is 12.7 Å². The van der Waals surface area contributed by atoms with Crippen molar-refractivity contribution >= 4 is 6.09 Å². The van der Waals surface area contributed by atoms with E-state index in [4.69, 9.17) is 15.2 Å². The Morgan fingerprint density at radius 3 is 2.74 bits per heavy atom. The largest absolute Gasteiger partial charge is 0.449 e. The fourth-order valence-corrected chi connectivity index (χ4v) is 2.92. The van der Waals surface area contributed by atoms with Crippen molar-refractivity contribution in [2.24, 2.45) is 11.7 Å². The predicted octanol–water partition coefficient (Wildman–Crippen LogP) is 1.75. The molecule has 2 aliphatic rings. The van der Waals surface area contributed by atoms with E-state index in [0.29, 0.717) is 12.5 Å². The zero-order chi connectivity index (χ0) is 13.7. The smallest absolute Gasteiger partial charge is 0.409 e. The fraction of sp³-hybridized carbons (Fsp3) is 0.929. The Kier molecular flexibility index (Phi) is 5.45. The average Bonchev–Trinajstić information content (AvgIpc) is 2.45. The van der Waals surface area contributed by atoms with Crippen LogP contribution < -0.4 is 5.73 Å². The van der Waals surface area contributed by atoms with E-state index in [1.54, 1.807) is 0 Å². The van der Waals surface area contributed by atoms with Crippen molar-refractivity contribution in [3.63, 3.8) is 0 Å². The van der Waals surface area contributed by atoms with Crippen molar-refractivity contribution < 1.29 is 14.3 Å². The van der Waals surface area contributed by atoms with Gasteiger partial charge in [0.25, 0.3) is 0 Å². The molecule has 2 saturated heterocycles. The molecular weight excluding hydrogens is 244 g/mol. The van der Waals surface area contributed by atoms with Gasteiger partial charge >= 0.3 is 6.09 Å². The topological polar surface area (TPSA) is 64.8 Å². The Labute approximate surface area is 115 Å². The summed E-state index contributed by atoms with van der Waals surface area (Å²) in [6, 6.07) is 0.284. The molecule has 0 aromatic rings. The number of nitrogens with zero attached hydrogens (tertiary/aromatic N) is 1. The van der Waals surface area contributed by atoms with Crippen molar-refractivity contribution in [1.29, 1.82) is 0 Å². The van der Waals surface area contributed by atoms with Crippen LogP contribution in [0, 0.1) is 5.92 Å². The molecule has 0 radical (unpaired) electrons. The number of ether oxygens (including phenoxy) is 2. The van der Waals surface area contributed by atoms with Gasteiger partial charge in [0.15, 0.2) is 0 Å². The summed E-state index contributed by atoms with van der Waals surface area (Å²) in [4.78, 5) is 13.6. The third-order valence-electron chi connectivity index (χ3n) is 4.11. The predicted molar refractivity (Wildman–Crippen MR) is 72.9 cm³/mol. The number of likely N-dealkylation sites (tertiary alicyclic amines) is 1. The molecule has 0 aliphatic carbocycles. The Bertz CT molecular complexity index is 290. The van der Waals surface area contributed by atoms with E-state index in [0.717, 1.165) is 51.8 Å². The lowest BCUT2D eigenvalue weighted by atomic mass is 9.86. The van der Waals surface area contributed by atoms with Gasteiger partial charge in [0, 0.05) is 25.7 Å². The Balaban J connectivity index is 1.74. The van der Waals surface area contributed by atoms with Crippen molar-refractivity contribution in [3.05, 3.63) is 0 Å². The van der Waals surface area contributed by atoms with Crippen LogP contribution >= 0.6 is 0 Å². The minimum absolute atomic E-state index is 0.165. The molecule has 0 aromatic carbocycles. The molecule has 1 amide bonds. The summed E-state index contributed by atoms with van der Waals surface area (Å²) < 4.78 is 11.0. The van der Waals surface area contributed by atoms with Gasteiger partial charge in [-0.3, -0.25) is 0 Å². The standard InChI is InChI=1S/C14H26N2O3/c1-2-8-19-14(17)16-6-3-11(4-7-16)13-10-12(15)5-9-18-13/h11-13H,2-10,15H2,1H3. The van der Waals surface area contributed by atoms with Gasteiger partial charge in [-0.1, -0.05) is 6.92 Å². The van der Waals surface area contributed by atoms with E-state index in [9.17, 15) is 4.79 Å². The second-order valence-electron chi connectivity index (χ2n) is 5.63. The third kappa shape index (κ3) is 4.08. The molecular formula is C14H26N2O3. The molecule has 5 heteroatoms. The SMILES string of the molecule is CCCOC(=O)N1CCC(C2CC(N)CCO2)CC1. The molecule has 19 heavy (non-hydrogen) atoms. The van der Waals surface area contributed by atoms with Gasteiger partial charge in [-0.05, 0) is 38.0 Å². The van der Waals surface area contributed by atoms with Crippen molar-refractivity contribution in [2.75, 3.05) is 26.3 Å². The molecule has 2 N–H and O–H groups in total. The van der Waals surface area contributed by atoms with Crippen molar-refractivity contribution in [1.82, 2.24) is 4.90 Å². The van der Waals surface area contributed by atoms with E-state index in [-0.39, 0.29) is 18.2 Å². The maximum Gasteiger partial charge on any atom is 0.409 e. The van der Waals surface area contributed by atoms with Crippen LogP contribution in [0.25, 0.3) is 0 Å². The van der Waals surface area contributed by atoms with E-state index in [2.05, 4.69) is 0 Å². The highest BCUT2D eigenvalue weighted by Crippen LogP contribution is 2.28. The van der Waals surface area contributed by atoms with Gasteiger partial charge in [0.2, 0.25) is 0 Å². The minimum atomic E-state index is -0.165. The first-order chi connectivity index (χ1) is 9.20. The van der Waals surface area contributed by atoms with Crippen LogP contribution in [0.15, 0.2) is 0 Å². The zero-order valence-electron chi connectivity index (χ0n) is 11.8. The summed E-state index contributed by atoms with van der Waals surface area (Å²) in [5.41, 5.74) is 6.00. The van der Waals surface area contributed by atoms with Crippen LogP contribution in [0.2, 0.25) is 0 Å². The number of carbonyl (C=O) groups excluding carboxylic acids is 1. The van der Waals surface area contributed by atoms with Gasteiger partial charge in [-0.2, -0.15) is 0 Å². The van der Waals surface area contributed by atoms with Crippen molar-refractivity contribution in [2.45, 2.75) is 51.2 Å². The van der Waals surface area contributed by atoms with Gasteiger partial charge in [-0.15, -0.1) is 0 Å². The number of rotatable bonds is 3. The summed E-state index contributed by atoms with van der Waals surface area (Å²) in [6.07, 6.45) is 4.93. The summed E-state index contributed by atoms with van der Waals surface area (Å²) >= 11 is 0. The van der Waals surface area contributed by atoms with E-state index >= 15 is 0 Å². The molecule has 2 fully saturated rings. The molecule has 2 unspecified atom stereocenters. The normalized spacial score (nSPS) is 29.3. The zero-order valence-corrected chi connectivity index (χ0v) is 11.8. The number of amides is 1. The van der Waals surface area contributed by atoms with Crippen LogP contribution in [-0.2, 0) is 9.47 Å². The Morgan fingerprint density at radius 2 is 2.11 bits per heavy atom. The average molecular weight is 270 g/mol. The second kappa shape index (κ2) is 7.10. The highest BCUT2D eigenvalue weighted by molar-refractivity contribution is 5.67. The minimum Gasteiger partial charge on any atom is -0.449 e. The molecule has 5 nitrogen and oxygen atoms in total. The third-order valence-corrected chi connectivity index (χ3v) is 4.11. The maximum absolute atomic E-state index is 11.7. The molecule has 110 valence electrons. The highest BCUT2D eigenvalue weighted by atomic mass is 16.6. The molecule has 0 spiro atoms. The monoisotopic (exact) mass is 270 g/mol. The van der Waals surface area contributed by atoms with Crippen LogP contribution in [0.1, 0.15) is 39.0 Å². The van der Waals surface area contributed by atoms with Gasteiger partial charge < -0.3 is 20.1 Å². The van der Waals surface area contributed by atoms with E-state index in [1.807, 2.05) is 11.8 Å². The van der Waals surface area contributed by atoms with Gasteiger partial charge in [-0.25, -0.2) is 4.79 Å². The highest BCUT2D eigenvalue weighted by Gasteiger charge is 2.32. The Hall–Kier alpha value is -0.810. The number of hydrogen-bond acceptors (Lipinski definition) is 4. The summed E-state index contributed by atoms with van der Waals surface area (Å²) in [7, 11) is 0. The molecule has 0 aromatic heterocycles. The van der Waals surface area contributed by atoms with Crippen molar-refractivity contribution in [3.8, 4) is 0 Å².